The smallest absolute Gasteiger partial charge is 0.211 e. The van der Waals surface area contributed by atoms with Crippen molar-refractivity contribution in [3.05, 3.63) is 65.7 Å². The largest absolute Gasteiger partial charge is 0.240 e. The number of benzene rings is 2. The first-order valence-electron chi connectivity index (χ1n) is 5.09. The Hall–Kier alpha value is -2.18. The number of hydrogen-bond donors (Lipinski definition) is 0. The molecule has 0 aromatic heterocycles. The van der Waals surface area contributed by atoms with E-state index in [2.05, 4.69) is 17.1 Å². The van der Waals surface area contributed by atoms with Crippen molar-refractivity contribution < 1.29 is 4.79 Å². The average Bonchev–Trinajstić information content (AvgIpc) is 2.33. The molecule has 0 saturated heterocycles. The van der Waals surface area contributed by atoms with Crippen LogP contribution in [0.5, 0.6) is 0 Å². The van der Waals surface area contributed by atoms with Gasteiger partial charge in [0.05, 0.1) is 5.69 Å². The van der Waals surface area contributed by atoms with Crippen molar-refractivity contribution in [1.82, 2.24) is 0 Å². The fraction of sp³-hybridized carbons (Fsp3) is 0.0714. The maximum absolute atomic E-state index is 10.1. The van der Waals surface area contributed by atoms with Gasteiger partial charge in [-0.25, -0.2) is 4.79 Å². The van der Waals surface area contributed by atoms with E-state index in [4.69, 9.17) is 0 Å². The predicted molar refractivity (Wildman–Crippen MR) is 63.5 cm³/mol. The molecule has 0 radical (unpaired) electrons. The molecule has 0 bridgehead atoms. The SMILES string of the molecule is O=C=Nc1ccc(Cc2ccccc2)cc1. The molecule has 78 valence electrons. The molecular formula is C14H11NO. The van der Waals surface area contributed by atoms with Gasteiger partial charge in [-0.15, -0.1) is 0 Å². The Kier molecular flexibility index (Phi) is 3.27. The molecule has 0 aliphatic rings. The van der Waals surface area contributed by atoms with Crippen LogP contribution in [-0.4, -0.2) is 6.08 Å². The van der Waals surface area contributed by atoms with Crippen LogP contribution in [0.15, 0.2) is 59.6 Å². The van der Waals surface area contributed by atoms with Crippen molar-refractivity contribution >= 4 is 11.8 Å². The highest BCUT2D eigenvalue weighted by Crippen LogP contribution is 2.15. The van der Waals surface area contributed by atoms with Crippen LogP contribution in [0.1, 0.15) is 11.1 Å². The zero-order valence-corrected chi connectivity index (χ0v) is 8.76. The minimum atomic E-state index is 0.645. The van der Waals surface area contributed by atoms with Gasteiger partial charge in [0.15, 0.2) is 0 Å². The van der Waals surface area contributed by atoms with E-state index >= 15 is 0 Å². The van der Waals surface area contributed by atoms with Crippen LogP contribution in [0, 0.1) is 0 Å². The molecule has 2 rings (SSSR count). The Morgan fingerprint density at radius 2 is 1.50 bits per heavy atom. The molecule has 0 unspecified atom stereocenters. The normalized spacial score (nSPS) is 9.50. The van der Waals surface area contributed by atoms with Gasteiger partial charge in [-0.05, 0) is 29.7 Å². The maximum atomic E-state index is 10.1. The van der Waals surface area contributed by atoms with Crippen molar-refractivity contribution in [2.75, 3.05) is 0 Å². The van der Waals surface area contributed by atoms with Crippen LogP contribution in [0.2, 0.25) is 0 Å². The molecule has 0 heterocycles. The second-order valence-corrected chi connectivity index (χ2v) is 3.53. The Morgan fingerprint density at radius 3 is 2.12 bits per heavy atom. The Balaban J connectivity index is 2.14. The number of aliphatic imine (C=N–C) groups is 1. The van der Waals surface area contributed by atoms with Gasteiger partial charge >= 0.3 is 0 Å². The van der Waals surface area contributed by atoms with Gasteiger partial charge < -0.3 is 0 Å². The van der Waals surface area contributed by atoms with Gasteiger partial charge in [0.1, 0.15) is 0 Å². The second-order valence-electron chi connectivity index (χ2n) is 3.53. The van der Waals surface area contributed by atoms with E-state index in [0.29, 0.717) is 5.69 Å². The highest BCUT2D eigenvalue weighted by Gasteiger charge is 1.95. The molecule has 0 N–H and O–H groups in total. The zero-order valence-electron chi connectivity index (χ0n) is 8.76. The lowest BCUT2D eigenvalue weighted by atomic mass is 10.1. The summed E-state index contributed by atoms with van der Waals surface area (Å²) < 4.78 is 0. The standard InChI is InChI=1S/C14H11NO/c16-11-15-14-8-6-13(7-9-14)10-12-4-2-1-3-5-12/h1-9H,10H2. The van der Waals surface area contributed by atoms with Crippen LogP contribution in [-0.2, 0) is 11.2 Å². The molecule has 0 amide bonds. The van der Waals surface area contributed by atoms with Gasteiger partial charge in [0.2, 0.25) is 6.08 Å². The lowest BCUT2D eigenvalue weighted by Crippen LogP contribution is -1.86. The van der Waals surface area contributed by atoms with Gasteiger partial charge in [0, 0.05) is 0 Å². The molecular weight excluding hydrogens is 198 g/mol. The summed E-state index contributed by atoms with van der Waals surface area (Å²) in [6.45, 7) is 0. The first-order valence-corrected chi connectivity index (χ1v) is 5.09. The molecule has 0 fully saturated rings. The topological polar surface area (TPSA) is 29.4 Å². The summed E-state index contributed by atoms with van der Waals surface area (Å²) in [4.78, 5) is 13.6. The third kappa shape index (κ3) is 2.66. The number of hydrogen-bond acceptors (Lipinski definition) is 2. The van der Waals surface area contributed by atoms with Crippen LogP contribution >= 0.6 is 0 Å². The molecule has 2 aromatic carbocycles. The summed E-state index contributed by atoms with van der Waals surface area (Å²) in [7, 11) is 0. The summed E-state index contributed by atoms with van der Waals surface area (Å²) in [6.07, 6.45) is 2.42. The molecule has 2 nitrogen and oxygen atoms in total. The zero-order chi connectivity index (χ0) is 11.2. The first-order chi connectivity index (χ1) is 7.88. The predicted octanol–water partition coefficient (Wildman–Crippen LogP) is 3.24. The number of rotatable bonds is 3. The van der Waals surface area contributed by atoms with E-state index in [-0.39, 0.29) is 0 Å². The minimum absolute atomic E-state index is 0.645. The molecule has 0 saturated carbocycles. The summed E-state index contributed by atoms with van der Waals surface area (Å²) >= 11 is 0. The van der Waals surface area contributed by atoms with E-state index in [1.807, 2.05) is 42.5 Å². The molecule has 0 spiro atoms. The molecule has 0 aliphatic heterocycles. The minimum Gasteiger partial charge on any atom is -0.211 e. The summed E-state index contributed by atoms with van der Waals surface area (Å²) in [5.41, 5.74) is 3.12. The van der Waals surface area contributed by atoms with Crippen LogP contribution in [0.3, 0.4) is 0 Å². The lowest BCUT2D eigenvalue weighted by molar-refractivity contribution is 0.565. The van der Waals surface area contributed by atoms with Crippen molar-refractivity contribution in [2.24, 2.45) is 4.99 Å². The highest BCUT2D eigenvalue weighted by molar-refractivity contribution is 5.49. The Labute approximate surface area is 94.3 Å². The Morgan fingerprint density at radius 1 is 0.875 bits per heavy atom. The van der Waals surface area contributed by atoms with Gasteiger partial charge in [-0.3, -0.25) is 0 Å². The van der Waals surface area contributed by atoms with E-state index in [1.54, 1.807) is 0 Å². The van der Waals surface area contributed by atoms with Crippen molar-refractivity contribution in [1.29, 1.82) is 0 Å². The van der Waals surface area contributed by atoms with Crippen LogP contribution in [0.4, 0.5) is 5.69 Å². The molecule has 16 heavy (non-hydrogen) atoms. The highest BCUT2D eigenvalue weighted by atomic mass is 16.1. The molecule has 0 aliphatic carbocycles. The monoisotopic (exact) mass is 209 g/mol. The first kappa shape index (κ1) is 10.3. The van der Waals surface area contributed by atoms with E-state index in [1.165, 1.54) is 17.2 Å². The van der Waals surface area contributed by atoms with Crippen LogP contribution < -0.4 is 0 Å². The van der Waals surface area contributed by atoms with Crippen LogP contribution in [0.25, 0.3) is 0 Å². The average molecular weight is 209 g/mol. The van der Waals surface area contributed by atoms with E-state index in [9.17, 15) is 4.79 Å². The summed E-state index contributed by atoms with van der Waals surface area (Å²) in [5, 5.41) is 0. The molecule has 0 atom stereocenters. The van der Waals surface area contributed by atoms with Gasteiger partial charge in [0.25, 0.3) is 0 Å². The quantitative estimate of drug-likeness (QED) is 0.563. The molecule has 2 heteroatoms. The Bertz CT molecular complexity index is 496. The number of carbonyl (C=O) groups excluding carboxylic acids is 1. The fourth-order valence-electron chi connectivity index (χ4n) is 1.57. The van der Waals surface area contributed by atoms with Gasteiger partial charge in [-0.1, -0.05) is 42.5 Å². The van der Waals surface area contributed by atoms with Crippen molar-refractivity contribution in [3.8, 4) is 0 Å². The third-order valence-electron chi connectivity index (χ3n) is 2.36. The van der Waals surface area contributed by atoms with E-state index < -0.39 is 0 Å². The summed E-state index contributed by atoms with van der Waals surface area (Å²) in [5.74, 6) is 0. The van der Waals surface area contributed by atoms with E-state index in [0.717, 1.165) is 6.42 Å². The van der Waals surface area contributed by atoms with Crippen molar-refractivity contribution in [2.45, 2.75) is 6.42 Å². The third-order valence-corrected chi connectivity index (χ3v) is 2.36. The number of nitrogens with zero attached hydrogens (tertiary/aromatic N) is 1. The fourth-order valence-corrected chi connectivity index (χ4v) is 1.57. The molecule has 2 aromatic rings. The number of isocyanates is 1. The van der Waals surface area contributed by atoms with Crippen molar-refractivity contribution in [3.63, 3.8) is 0 Å². The maximum Gasteiger partial charge on any atom is 0.240 e. The summed E-state index contributed by atoms with van der Waals surface area (Å²) in [6, 6.07) is 17.8. The van der Waals surface area contributed by atoms with Gasteiger partial charge in [-0.2, -0.15) is 4.99 Å². The lowest BCUT2D eigenvalue weighted by Gasteiger charge is -2.01. The second kappa shape index (κ2) is 5.06.